The molecule has 1 aromatic rings. The van der Waals surface area contributed by atoms with Gasteiger partial charge in [-0.2, -0.15) is 0 Å². The van der Waals surface area contributed by atoms with Crippen molar-refractivity contribution < 1.29 is 9.90 Å². The van der Waals surface area contributed by atoms with Gasteiger partial charge in [0.15, 0.2) is 0 Å². The molecule has 1 aliphatic carbocycles. The molecule has 1 fully saturated rings. The summed E-state index contributed by atoms with van der Waals surface area (Å²) in [5.74, 6) is 0. The fourth-order valence-corrected chi connectivity index (χ4v) is 3.17. The van der Waals surface area contributed by atoms with Gasteiger partial charge in [0, 0.05) is 24.2 Å². The van der Waals surface area contributed by atoms with Gasteiger partial charge in [-0.25, -0.2) is 4.79 Å². The molecule has 1 aromatic carbocycles. The van der Waals surface area contributed by atoms with Crippen LogP contribution in [0.25, 0.3) is 0 Å². The molecule has 0 aliphatic heterocycles. The van der Waals surface area contributed by atoms with Gasteiger partial charge in [-0.15, -0.1) is 0 Å². The molecule has 1 aliphatic rings. The Morgan fingerprint density at radius 3 is 2.61 bits per heavy atom. The Morgan fingerprint density at radius 1 is 1.30 bits per heavy atom. The molecule has 0 unspecified atom stereocenters. The van der Waals surface area contributed by atoms with Crippen LogP contribution in [0.5, 0.6) is 0 Å². The molecule has 0 spiro atoms. The van der Waals surface area contributed by atoms with Crippen molar-refractivity contribution in [2.75, 3.05) is 18.5 Å². The molecule has 0 atom stereocenters. The molecule has 4 nitrogen and oxygen atoms in total. The molecule has 5 heteroatoms. The van der Waals surface area contributed by atoms with Gasteiger partial charge in [-0.3, -0.25) is 0 Å². The van der Waals surface area contributed by atoms with Crippen LogP contribution >= 0.6 is 11.6 Å². The number of nitrogens with one attached hydrogen (secondary N) is 1. The predicted octanol–water partition coefficient (Wildman–Crippen LogP) is 4.23. The second-order valence-electron chi connectivity index (χ2n) is 6.05. The third-order valence-corrected chi connectivity index (χ3v) is 4.72. The number of carbonyl (C=O) groups is 1. The highest BCUT2D eigenvalue weighted by molar-refractivity contribution is 6.31. The number of rotatable bonds is 8. The fraction of sp³-hybridized carbons (Fsp3) is 0.611. The molecule has 2 amide bonds. The van der Waals surface area contributed by atoms with Crippen molar-refractivity contribution in [3.05, 3.63) is 28.3 Å². The number of benzene rings is 1. The average molecular weight is 339 g/mol. The van der Waals surface area contributed by atoms with E-state index in [9.17, 15) is 4.79 Å². The van der Waals surface area contributed by atoms with Crippen molar-refractivity contribution in [1.82, 2.24) is 4.90 Å². The Bertz CT molecular complexity index is 544. The lowest BCUT2D eigenvalue weighted by Gasteiger charge is -2.25. The van der Waals surface area contributed by atoms with E-state index in [-0.39, 0.29) is 12.6 Å². The molecule has 0 saturated heterocycles. The number of nitrogens with zero attached hydrogens (tertiary/aromatic N) is 1. The Hall–Kier alpha value is -1.26. The zero-order valence-corrected chi connectivity index (χ0v) is 14.8. The van der Waals surface area contributed by atoms with Crippen LogP contribution in [-0.4, -0.2) is 35.2 Å². The van der Waals surface area contributed by atoms with Crippen molar-refractivity contribution in [1.29, 1.82) is 0 Å². The number of halogens is 1. The number of unbranched alkanes of at least 4 members (excludes halogenated alkanes) is 1. The second kappa shape index (κ2) is 8.55. The van der Waals surface area contributed by atoms with Gasteiger partial charge < -0.3 is 15.3 Å². The summed E-state index contributed by atoms with van der Waals surface area (Å²) in [6.07, 6.45) is 5.35. The number of amides is 2. The molecule has 2 N–H and O–H groups in total. The van der Waals surface area contributed by atoms with Gasteiger partial charge in [-0.05, 0) is 55.7 Å². The van der Waals surface area contributed by atoms with Crippen LogP contribution < -0.4 is 5.32 Å². The quantitative estimate of drug-likeness (QED) is 0.697. The zero-order chi connectivity index (χ0) is 16.8. The normalized spacial score (nSPS) is 13.9. The first-order valence-corrected chi connectivity index (χ1v) is 8.98. The van der Waals surface area contributed by atoms with Gasteiger partial charge in [0.1, 0.15) is 0 Å². The van der Waals surface area contributed by atoms with E-state index in [1.807, 2.05) is 17.0 Å². The first-order chi connectivity index (χ1) is 11.1. The Labute approximate surface area is 143 Å². The highest BCUT2D eigenvalue weighted by atomic mass is 35.5. The van der Waals surface area contributed by atoms with Crippen LogP contribution in [0.3, 0.4) is 0 Å². The average Bonchev–Trinajstić information content (AvgIpc) is 3.36. The van der Waals surface area contributed by atoms with E-state index in [2.05, 4.69) is 19.2 Å². The van der Waals surface area contributed by atoms with Crippen LogP contribution in [0, 0.1) is 0 Å². The summed E-state index contributed by atoms with van der Waals surface area (Å²) in [7, 11) is 0. The van der Waals surface area contributed by atoms with Crippen molar-refractivity contribution in [3.63, 3.8) is 0 Å². The molecule has 2 rings (SSSR count). The monoisotopic (exact) mass is 338 g/mol. The van der Waals surface area contributed by atoms with Crippen LogP contribution in [-0.2, 0) is 12.8 Å². The molecular weight excluding hydrogens is 312 g/mol. The van der Waals surface area contributed by atoms with Crippen molar-refractivity contribution >= 4 is 23.3 Å². The lowest BCUT2D eigenvalue weighted by molar-refractivity contribution is 0.204. The number of hydrogen-bond donors (Lipinski definition) is 2. The molecule has 0 heterocycles. The van der Waals surface area contributed by atoms with Gasteiger partial charge in [-0.1, -0.05) is 31.5 Å². The topological polar surface area (TPSA) is 52.6 Å². The first kappa shape index (κ1) is 18.1. The van der Waals surface area contributed by atoms with Crippen LogP contribution in [0.2, 0.25) is 5.02 Å². The maximum Gasteiger partial charge on any atom is 0.322 e. The van der Waals surface area contributed by atoms with Gasteiger partial charge in [0.05, 0.1) is 5.69 Å². The fourth-order valence-electron chi connectivity index (χ4n) is 2.88. The van der Waals surface area contributed by atoms with Gasteiger partial charge in [0.2, 0.25) is 0 Å². The third-order valence-electron chi connectivity index (χ3n) is 4.36. The Morgan fingerprint density at radius 2 is 2.04 bits per heavy atom. The highest BCUT2D eigenvalue weighted by Crippen LogP contribution is 2.32. The summed E-state index contributed by atoms with van der Waals surface area (Å²) in [4.78, 5) is 14.7. The van der Waals surface area contributed by atoms with E-state index in [1.165, 1.54) is 0 Å². The molecule has 1 saturated carbocycles. The lowest BCUT2D eigenvalue weighted by Crippen LogP contribution is -2.38. The maximum absolute atomic E-state index is 12.7. The third kappa shape index (κ3) is 4.61. The van der Waals surface area contributed by atoms with Crippen molar-refractivity contribution in [2.45, 2.75) is 58.4 Å². The summed E-state index contributed by atoms with van der Waals surface area (Å²) in [6.45, 7) is 5.00. The van der Waals surface area contributed by atoms with E-state index < -0.39 is 0 Å². The smallest absolute Gasteiger partial charge is 0.322 e. The second-order valence-corrected chi connectivity index (χ2v) is 6.46. The summed E-state index contributed by atoms with van der Waals surface area (Å²) >= 11 is 6.31. The lowest BCUT2D eigenvalue weighted by atomic mass is 10.0. The Balaban J connectivity index is 2.15. The van der Waals surface area contributed by atoms with Crippen LogP contribution in [0.4, 0.5) is 10.5 Å². The Kier molecular flexibility index (Phi) is 6.72. The first-order valence-electron chi connectivity index (χ1n) is 8.61. The number of anilines is 1. The molecule has 128 valence electrons. The highest BCUT2D eigenvalue weighted by Gasteiger charge is 2.32. The number of aryl methyl sites for hydroxylation is 1. The van der Waals surface area contributed by atoms with E-state index in [4.69, 9.17) is 16.7 Å². The minimum atomic E-state index is -0.0443. The van der Waals surface area contributed by atoms with E-state index in [0.717, 1.165) is 55.3 Å². The van der Waals surface area contributed by atoms with E-state index in [1.54, 1.807) is 0 Å². The maximum atomic E-state index is 12.7. The number of carbonyl (C=O) groups excluding carboxylic acids is 1. The molecule has 0 aromatic heterocycles. The summed E-state index contributed by atoms with van der Waals surface area (Å²) in [6, 6.07) is 4.21. The minimum Gasteiger partial charge on any atom is -0.396 e. The summed E-state index contributed by atoms with van der Waals surface area (Å²) < 4.78 is 0. The zero-order valence-electron chi connectivity index (χ0n) is 14.1. The van der Waals surface area contributed by atoms with Gasteiger partial charge in [0.25, 0.3) is 0 Å². The van der Waals surface area contributed by atoms with Crippen molar-refractivity contribution in [2.24, 2.45) is 0 Å². The summed E-state index contributed by atoms with van der Waals surface area (Å²) in [5.41, 5.74) is 3.00. The number of aliphatic hydroxyl groups is 1. The van der Waals surface area contributed by atoms with E-state index in [0.29, 0.717) is 17.6 Å². The molecule has 0 bridgehead atoms. The number of aliphatic hydroxyl groups excluding tert-OH is 1. The SMILES string of the molecule is CCc1ccc(Cl)c(CC)c1NC(=O)N(CCCCO)C1CC1. The predicted molar refractivity (Wildman–Crippen MR) is 95.3 cm³/mol. The minimum absolute atomic E-state index is 0.0443. The molecule has 0 radical (unpaired) electrons. The van der Waals surface area contributed by atoms with Crippen LogP contribution in [0.15, 0.2) is 12.1 Å². The standard InChI is InChI=1S/C18H27ClN2O2/c1-3-13-7-10-16(19)15(4-2)17(13)20-18(23)21(14-8-9-14)11-5-6-12-22/h7,10,14,22H,3-6,8-9,11-12H2,1-2H3,(H,20,23). The summed E-state index contributed by atoms with van der Waals surface area (Å²) in [5, 5.41) is 12.8. The van der Waals surface area contributed by atoms with Crippen molar-refractivity contribution in [3.8, 4) is 0 Å². The van der Waals surface area contributed by atoms with E-state index >= 15 is 0 Å². The molecule has 23 heavy (non-hydrogen) atoms. The van der Waals surface area contributed by atoms with Gasteiger partial charge >= 0.3 is 6.03 Å². The van der Waals surface area contributed by atoms with Crippen LogP contribution in [0.1, 0.15) is 50.7 Å². The molecular formula is C18H27ClN2O2. The number of urea groups is 1. The number of hydrogen-bond acceptors (Lipinski definition) is 2. The largest absolute Gasteiger partial charge is 0.396 e.